The van der Waals surface area contributed by atoms with Crippen molar-refractivity contribution >= 4 is 33.3 Å². The number of nitro groups is 1. The number of amides is 1. The van der Waals surface area contributed by atoms with E-state index in [0.717, 1.165) is 11.1 Å². The summed E-state index contributed by atoms with van der Waals surface area (Å²) in [5.41, 5.74) is 4.12. The van der Waals surface area contributed by atoms with Gasteiger partial charge in [-0.3, -0.25) is 19.6 Å². The number of aryl methyl sites for hydroxylation is 2. The maximum atomic E-state index is 12.9. The Kier molecular flexibility index (Phi) is 7.26. The van der Waals surface area contributed by atoms with Gasteiger partial charge in [0.15, 0.2) is 5.82 Å². The molecule has 8 nitrogen and oxygen atoms in total. The van der Waals surface area contributed by atoms with Gasteiger partial charge in [-0.05, 0) is 65.2 Å². The third-order valence-electron chi connectivity index (χ3n) is 5.37. The first-order chi connectivity index (χ1) is 16.8. The van der Waals surface area contributed by atoms with Gasteiger partial charge in [-0.25, -0.2) is 0 Å². The van der Waals surface area contributed by atoms with Crippen LogP contribution in [0, 0.1) is 24.0 Å². The van der Waals surface area contributed by atoms with E-state index in [1.165, 1.54) is 11.6 Å². The summed E-state index contributed by atoms with van der Waals surface area (Å²) in [5, 5.41) is 18.3. The smallest absolute Gasteiger partial charge is 0.272 e. The lowest BCUT2D eigenvalue weighted by Gasteiger charge is -2.09. The van der Waals surface area contributed by atoms with E-state index in [-0.39, 0.29) is 18.2 Å². The van der Waals surface area contributed by atoms with Crippen LogP contribution in [0.1, 0.15) is 32.6 Å². The summed E-state index contributed by atoms with van der Waals surface area (Å²) in [4.78, 5) is 23.4. The number of carbonyl (C=O) groups excluding carboxylic acids is 1. The number of aromatic nitrogens is 2. The highest BCUT2D eigenvalue weighted by molar-refractivity contribution is 9.10. The molecule has 0 radical (unpaired) electrons. The van der Waals surface area contributed by atoms with Crippen LogP contribution in [-0.2, 0) is 13.2 Å². The Balaban J connectivity index is 1.40. The van der Waals surface area contributed by atoms with Crippen molar-refractivity contribution < 1.29 is 14.5 Å². The molecule has 4 rings (SSSR count). The first-order valence-electron chi connectivity index (χ1n) is 10.8. The van der Waals surface area contributed by atoms with Gasteiger partial charge >= 0.3 is 0 Å². The molecule has 3 aromatic carbocycles. The Bertz CT molecular complexity index is 1380. The van der Waals surface area contributed by atoms with E-state index in [4.69, 9.17) is 4.74 Å². The topological polar surface area (TPSA) is 99.3 Å². The number of carbonyl (C=O) groups is 1. The van der Waals surface area contributed by atoms with E-state index >= 15 is 0 Å². The van der Waals surface area contributed by atoms with Crippen molar-refractivity contribution in [3.63, 3.8) is 0 Å². The minimum atomic E-state index is -0.425. The number of rotatable bonds is 8. The quantitative estimate of drug-likeness (QED) is 0.219. The molecule has 0 aliphatic heterocycles. The Morgan fingerprint density at radius 2 is 1.86 bits per heavy atom. The van der Waals surface area contributed by atoms with Gasteiger partial charge in [0.25, 0.3) is 11.6 Å². The van der Waals surface area contributed by atoms with Crippen LogP contribution in [0.5, 0.6) is 5.75 Å². The molecule has 0 saturated heterocycles. The summed E-state index contributed by atoms with van der Waals surface area (Å²) in [6.45, 7) is 4.51. The summed E-state index contributed by atoms with van der Waals surface area (Å²) in [7, 11) is 0. The van der Waals surface area contributed by atoms with Gasteiger partial charge in [0, 0.05) is 23.4 Å². The molecular weight excluding hydrogens is 512 g/mol. The third-order valence-corrected chi connectivity index (χ3v) is 5.95. The average molecular weight is 535 g/mol. The standard InChI is InChI=1S/C26H23BrN4O4/c1-17-6-8-19(9-7-17)14-30-15-23(27)25(29-30)28-26(32)21-5-3-4-20(13-21)16-35-22-10-11-24(31(33)34)18(2)12-22/h3-13,15H,14,16H2,1-2H3,(H,28,29,32). The monoisotopic (exact) mass is 534 g/mol. The lowest BCUT2D eigenvalue weighted by molar-refractivity contribution is -0.385. The number of benzene rings is 3. The molecule has 0 bridgehead atoms. The molecular formula is C26H23BrN4O4. The minimum Gasteiger partial charge on any atom is -0.489 e. The number of hydrogen-bond acceptors (Lipinski definition) is 5. The van der Waals surface area contributed by atoms with E-state index < -0.39 is 4.92 Å². The Morgan fingerprint density at radius 1 is 1.09 bits per heavy atom. The summed E-state index contributed by atoms with van der Waals surface area (Å²) < 4.78 is 8.22. The molecule has 0 unspecified atom stereocenters. The van der Waals surface area contributed by atoms with Crippen LogP contribution in [0.25, 0.3) is 0 Å². The maximum absolute atomic E-state index is 12.9. The van der Waals surface area contributed by atoms with Gasteiger partial charge in [-0.2, -0.15) is 5.10 Å². The van der Waals surface area contributed by atoms with Crippen molar-refractivity contribution in [1.82, 2.24) is 9.78 Å². The fourth-order valence-electron chi connectivity index (χ4n) is 3.51. The molecule has 1 N–H and O–H groups in total. The predicted octanol–water partition coefficient (Wildman–Crippen LogP) is 6.05. The second-order valence-corrected chi connectivity index (χ2v) is 9.01. The summed E-state index contributed by atoms with van der Waals surface area (Å²) in [5.74, 6) is 0.662. The number of nitro benzene ring substituents is 1. The average Bonchev–Trinajstić information content (AvgIpc) is 3.17. The molecule has 35 heavy (non-hydrogen) atoms. The zero-order valence-electron chi connectivity index (χ0n) is 19.2. The van der Waals surface area contributed by atoms with E-state index in [0.29, 0.717) is 33.7 Å². The van der Waals surface area contributed by atoms with Crippen LogP contribution in [0.4, 0.5) is 11.5 Å². The normalized spacial score (nSPS) is 10.7. The first kappa shape index (κ1) is 24.2. The summed E-state index contributed by atoms with van der Waals surface area (Å²) >= 11 is 3.47. The van der Waals surface area contributed by atoms with Crippen LogP contribution >= 0.6 is 15.9 Å². The van der Waals surface area contributed by atoms with Crippen molar-refractivity contribution in [2.75, 3.05) is 5.32 Å². The highest BCUT2D eigenvalue weighted by atomic mass is 79.9. The zero-order chi connectivity index (χ0) is 24.9. The molecule has 178 valence electrons. The zero-order valence-corrected chi connectivity index (χ0v) is 20.8. The Morgan fingerprint density at radius 3 is 2.57 bits per heavy atom. The first-order valence-corrected chi connectivity index (χ1v) is 11.6. The van der Waals surface area contributed by atoms with Crippen molar-refractivity contribution in [2.45, 2.75) is 27.0 Å². The van der Waals surface area contributed by atoms with Gasteiger partial charge in [0.05, 0.1) is 15.9 Å². The van der Waals surface area contributed by atoms with Crippen molar-refractivity contribution in [3.8, 4) is 5.75 Å². The third kappa shape index (κ3) is 6.13. The fraction of sp³-hybridized carbons (Fsp3) is 0.154. The molecule has 0 aliphatic rings. The van der Waals surface area contributed by atoms with Gasteiger partial charge < -0.3 is 10.1 Å². The SMILES string of the molecule is Cc1ccc(Cn2cc(Br)c(NC(=O)c3cccc(COc4ccc([N+](=O)[O-])c(C)c4)c3)n2)cc1. The molecule has 0 saturated carbocycles. The highest BCUT2D eigenvalue weighted by Gasteiger charge is 2.14. The van der Waals surface area contributed by atoms with Crippen molar-refractivity contribution in [1.29, 1.82) is 0 Å². The lowest BCUT2D eigenvalue weighted by Crippen LogP contribution is -2.13. The van der Waals surface area contributed by atoms with Crippen LogP contribution in [0.15, 0.2) is 77.4 Å². The Labute approximate surface area is 210 Å². The molecule has 0 atom stereocenters. The van der Waals surface area contributed by atoms with Crippen LogP contribution < -0.4 is 10.1 Å². The molecule has 1 aromatic heterocycles. The van der Waals surface area contributed by atoms with E-state index in [2.05, 4.69) is 50.6 Å². The largest absolute Gasteiger partial charge is 0.489 e. The van der Waals surface area contributed by atoms with Crippen LogP contribution in [0.3, 0.4) is 0 Å². The molecule has 4 aromatic rings. The fourth-order valence-corrected chi connectivity index (χ4v) is 3.93. The molecule has 1 amide bonds. The van der Waals surface area contributed by atoms with E-state index in [1.54, 1.807) is 41.9 Å². The second kappa shape index (κ2) is 10.5. The second-order valence-electron chi connectivity index (χ2n) is 8.16. The number of ether oxygens (including phenoxy) is 1. The van der Waals surface area contributed by atoms with Gasteiger partial charge in [0.2, 0.25) is 0 Å². The number of nitrogens with zero attached hydrogens (tertiary/aromatic N) is 3. The lowest BCUT2D eigenvalue weighted by atomic mass is 10.1. The van der Waals surface area contributed by atoms with Crippen LogP contribution in [-0.4, -0.2) is 20.6 Å². The Hall–Kier alpha value is -3.98. The molecule has 9 heteroatoms. The van der Waals surface area contributed by atoms with E-state index in [9.17, 15) is 14.9 Å². The summed E-state index contributed by atoms with van der Waals surface area (Å²) in [6.07, 6.45) is 1.83. The van der Waals surface area contributed by atoms with Crippen LogP contribution in [0.2, 0.25) is 0 Å². The highest BCUT2D eigenvalue weighted by Crippen LogP contribution is 2.24. The summed E-state index contributed by atoms with van der Waals surface area (Å²) in [6, 6.07) is 19.9. The molecule has 0 aliphatic carbocycles. The van der Waals surface area contributed by atoms with Crippen molar-refractivity contribution in [2.24, 2.45) is 0 Å². The number of hydrogen-bond donors (Lipinski definition) is 1. The number of halogens is 1. The van der Waals surface area contributed by atoms with E-state index in [1.807, 2.05) is 19.2 Å². The van der Waals surface area contributed by atoms with Gasteiger partial charge in [-0.1, -0.05) is 42.0 Å². The van der Waals surface area contributed by atoms with Crippen molar-refractivity contribution in [3.05, 3.63) is 115 Å². The molecule has 0 spiro atoms. The number of anilines is 1. The van der Waals surface area contributed by atoms with Gasteiger partial charge in [0.1, 0.15) is 12.4 Å². The maximum Gasteiger partial charge on any atom is 0.272 e. The molecule has 1 heterocycles. The predicted molar refractivity (Wildman–Crippen MR) is 137 cm³/mol. The number of nitrogens with one attached hydrogen (secondary N) is 1. The van der Waals surface area contributed by atoms with Gasteiger partial charge in [-0.15, -0.1) is 0 Å². The minimum absolute atomic E-state index is 0.0449. The molecule has 0 fully saturated rings.